The molecule has 0 aliphatic heterocycles. The Bertz CT molecular complexity index is 513. The van der Waals surface area contributed by atoms with E-state index in [2.05, 4.69) is 9.97 Å². The van der Waals surface area contributed by atoms with Crippen molar-refractivity contribution in [1.82, 2.24) is 9.97 Å². The van der Waals surface area contributed by atoms with Crippen molar-refractivity contribution in [2.75, 3.05) is 0 Å². The van der Waals surface area contributed by atoms with E-state index in [9.17, 15) is 4.79 Å². The second kappa shape index (κ2) is 3.23. The van der Waals surface area contributed by atoms with E-state index in [4.69, 9.17) is 16.7 Å². The molecule has 1 N–H and O–H groups in total. The van der Waals surface area contributed by atoms with Gasteiger partial charge in [0.1, 0.15) is 5.15 Å². The standard InChI is InChI=1S/C9H5ClN2O2/c10-8-2-7-5(3-12-8)1-6(4-11-7)9(13)14/h1-4H,(H,13,14). The first-order valence-corrected chi connectivity index (χ1v) is 4.19. The molecule has 0 bridgehead atoms. The quantitative estimate of drug-likeness (QED) is 0.728. The molecule has 0 radical (unpaired) electrons. The minimum Gasteiger partial charge on any atom is -0.478 e. The van der Waals surface area contributed by atoms with Gasteiger partial charge in [-0.3, -0.25) is 4.98 Å². The fraction of sp³-hybridized carbons (Fsp3) is 0. The number of aromatic nitrogens is 2. The van der Waals surface area contributed by atoms with Crippen molar-refractivity contribution in [2.45, 2.75) is 0 Å². The highest BCUT2D eigenvalue weighted by Crippen LogP contribution is 2.15. The van der Waals surface area contributed by atoms with Gasteiger partial charge in [-0.15, -0.1) is 0 Å². The summed E-state index contributed by atoms with van der Waals surface area (Å²) in [4.78, 5) is 18.4. The third kappa shape index (κ3) is 1.52. The molecule has 0 aromatic carbocycles. The molecule has 0 aliphatic rings. The van der Waals surface area contributed by atoms with Gasteiger partial charge in [0.05, 0.1) is 11.1 Å². The largest absolute Gasteiger partial charge is 0.478 e. The zero-order valence-electron chi connectivity index (χ0n) is 6.94. The third-order valence-electron chi connectivity index (χ3n) is 1.78. The van der Waals surface area contributed by atoms with Gasteiger partial charge in [0.2, 0.25) is 0 Å². The molecule has 0 fully saturated rings. The van der Waals surface area contributed by atoms with E-state index >= 15 is 0 Å². The predicted molar refractivity (Wildman–Crippen MR) is 51.5 cm³/mol. The molecule has 2 aromatic heterocycles. The Hall–Kier alpha value is -1.68. The number of fused-ring (bicyclic) bond motifs is 1. The van der Waals surface area contributed by atoms with Gasteiger partial charge in [-0.2, -0.15) is 0 Å². The van der Waals surface area contributed by atoms with Crippen molar-refractivity contribution < 1.29 is 9.90 Å². The van der Waals surface area contributed by atoms with Gasteiger partial charge in [0.15, 0.2) is 0 Å². The highest BCUT2D eigenvalue weighted by Gasteiger charge is 2.04. The average molecular weight is 209 g/mol. The monoisotopic (exact) mass is 208 g/mol. The summed E-state index contributed by atoms with van der Waals surface area (Å²) >= 11 is 5.65. The van der Waals surface area contributed by atoms with Gasteiger partial charge in [0.25, 0.3) is 0 Å². The molecular weight excluding hydrogens is 204 g/mol. The molecule has 70 valence electrons. The Kier molecular flexibility index (Phi) is 2.05. The minimum absolute atomic E-state index is 0.140. The number of carboxylic acid groups (broad SMARTS) is 1. The zero-order chi connectivity index (χ0) is 10.1. The van der Waals surface area contributed by atoms with Gasteiger partial charge >= 0.3 is 5.97 Å². The molecule has 14 heavy (non-hydrogen) atoms. The number of hydrogen-bond donors (Lipinski definition) is 1. The lowest BCUT2D eigenvalue weighted by Crippen LogP contribution is -1.97. The molecule has 0 unspecified atom stereocenters. The minimum atomic E-state index is -1.01. The van der Waals surface area contributed by atoms with Crippen LogP contribution in [0.3, 0.4) is 0 Å². The lowest BCUT2D eigenvalue weighted by molar-refractivity contribution is 0.0696. The molecule has 0 aliphatic carbocycles. The molecule has 2 heterocycles. The Labute approximate surface area is 84.2 Å². The van der Waals surface area contributed by atoms with Crippen LogP contribution in [0.4, 0.5) is 0 Å². The van der Waals surface area contributed by atoms with Crippen molar-refractivity contribution >= 4 is 28.5 Å². The van der Waals surface area contributed by atoms with Crippen LogP contribution in [0.15, 0.2) is 24.5 Å². The SMILES string of the molecule is O=C(O)c1cnc2cc(Cl)ncc2c1. The maximum atomic E-state index is 10.6. The Morgan fingerprint density at radius 1 is 1.29 bits per heavy atom. The van der Waals surface area contributed by atoms with Gasteiger partial charge < -0.3 is 5.11 Å². The fourth-order valence-corrected chi connectivity index (χ4v) is 1.27. The summed E-state index contributed by atoms with van der Waals surface area (Å²) in [6, 6.07) is 3.09. The van der Waals surface area contributed by atoms with Crippen molar-refractivity contribution in [3.63, 3.8) is 0 Å². The summed E-state index contributed by atoms with van der Waals surface area (Å²) in [5, 5.41) is 9.71. The second-order valence-corrected chi connectivity index (χ2v) is 3.12. The first-order valence-electron chi connectivity index (χ1n) is 3.81. The maximum Gasteiger partial charge on any atom is 0.337 e. The van der Waals surface area contributed by atoms with Gasteiger partial charge in [-0.05, 0) is 6.07 Å². The first kappa shape index (κ1) is 8.90. The topological polar surface area (TPSA) is 63.1 Å². The predicted octanol–water partition coefficient (Wildman–Crippen LogP) is 1.98. The van der Waals surface area contributed by atoms with Crippen molar-refractivity contribution in [1.29, 1.82) is 0 Å². The van der Waals surface area contributed by atoms with Crippen LogP contribution in [0.5, 0.6) is 0 Å². The van der Waals surface area contributed by atoms with Gasteiger partial charge in [-0.1, -0.05) is 11.6 Å². The number of nitrogens with zero attached hydrogens (tertiary/aromatic N) is 2. The molecule has 0 saturated heterocycles. The van der Waals surface area contributed by atoms with Crippen LogP contribution in [0, 0.1) is 0 Å². The number of carboxylic acids is 1. The summed E-state index contributed by atoms with van der Waals surface area (Å²) in [6.07, 6.45) is 2.79. The summed E-state index contributed by atoms with van der Waals surface area (Å²) in [6.45, 7) is 0. The molecule has 0 atom stereocenters. The number of rotatable bonds is 1. The van der Waals surface area contributed by atoms with Crippen LogP contribution in [-0.4, -0.2) is 21.0 Å². The van der Waals surface area contributed by atoms with E-state index in [0.29, 0.717) is 16.1 Å². The smallest absolute Gasteiger partial charge is 0.337 e. The highest BCUT2D eigenvalue weighted by atomic mass is 35.5. The molecule has 0 saturated carbocycles. The molecule has 0 spiro atoms. The van der Waals surface area contributed by atoms with Crippen LogP contribution >= 0.6 is 11.6 Å². The summed E-state index contributed by atoms with van der Waals surface area (Å²) in [5.74, 6) is -1.01. The number of hydrogen-bond acceptors (Lipinski definition) is 3. The number of halogens is 1. The summed E-state index contributed by atoms with van der Waals surface area (Å²) < 4.78 is 0. The normalized spacial score (nSPS) is 10.4. The van der Waals surface area contributed by atoms with Crippen LogP contribution in [-0.2, 0) is 0 Å². The molecule has 5 heteroatoms. The number of pyridine rings is 2. The van der Waals surface area contributed by atoms with Crippen molar-refractivity contribution in [3.8, 4) is 0 Å². The van der Waals surface area contributed by atoms with E-state index in [0.717, 1.165) is 0 Å². The van der Waals surface area contributed by atoms with Crippen LogP contribution in [0.1, 0.15) is 10.4 Å². The second-order valence-electron chi connectivity index (χ2n) is 2.73. The molecule has 4 nitrogen and oxygen atoms in total. The number of aromatic carboxylic acids is 1. The lowest BCUT2D eigenvalue weighted by atomic mass is 10.2. The lowest BCUT2D eigenvalue weighted by Gasteiger charge is -1.98. The molecular formula is C9H5ClN2O2. The molecule has 0 amide bonds. The van der Waals surface area contributed by atoms with Crippen LogP contribution in [0.25, 0.3) is 10.9 Å². The van der Waals surface area contributed by atoms with E-state index in [1.54, 1.807) is 6.07 Å². The van der Waals surface area contributed by atoms with Gasteiger partial charge in [-0.25, -0.2) is 9.78 Å². The highest BCUT2D eigenvalue weighted by molar-refractivity contribution is 6.30. The zero-order valence-corrected chi connectivity index (χ0v) is 7.69. The molecule has 2 aromatic rings. The van der Waals surface area contributed by atoms with Crippen molar-refractivity contribution in [2.24, 2.45) is 0 Å². The van der Waals surface area contributed by atoms with Gasteiger partial charge in [0, 0.05) is 23.8 Å². The summed E-state index contributed by atoms with van der Waals surface area (Å²) in [7, 11) is 0. The van der Waals surface area contributed by atoms with E-state index in [1.165, 1.54) is 18.5 Å². The third-order valence-corrected chi connectivity index (χ3v) is 1.99. The van der Waals surface area contributed by atoms with E-state index in [1.807, 2.05) is 0 Å². The van der Waals surface area contributed by atoms with Crippen LogP contribution in [0.2, 0.25) is 5.15 Å². The fourth-order valence-electron chi connectivity index (χ4n) is 1.11. The first-order chi connectivity index (χ1) is 6.66. The van der Waals surface area contributed by atoms with E-state index in [-0.39, 0.29) is 5.56 Å². The Morgan fingerprint density at radius 3 is 2.79 bits per heavy atom. The Balaban J connectivity index is 2.67. The summed E-state index contributed by atoms with van der Waals surface area (Å²) in [5.41, 5.74) is 0.775. The van der Waals surface area contributed by atoms with Crippen molar-refractivity contribution in [3.05, 3.63) is 35.2 Å². The number of carbonyl (C=O) groups is 1. The molecule has 2 rings (SSSR count). The van der Waals surface area contributed by atoms with Crippen LogP contribution < -0.4 is 0 Å². The van der Waals surface area contributed by atoms with E-state index < -0.39 is 5.97 Å². The maximum absolute atomic E-state index is 10.6. The average Bonchev–Trinajstić information content (AvgIpc) is 2.16. The Morgan fingerprint density at radius 2 is 2.07 bits per heavy atom.